The van der Waals surface area contributed by atoms with E-state index in [-0.39, 0.29) is 11.7 Å². The number of aliphatic imine (C=N–C) groups is 1. The minimum absolute atomic E-state index is 0.135. The van der Waals surface area contributed by atoms with E-state index in [0.717, 1.165) is 16.8 Å². The summed E-state index contributed by atoms with van der Waals surface area (Å²) >= 11 is 6.33. The van der Waals surface area contributed by atoms with Gasteiger partial charge in [-0.1, -0.05) is 29.8 Å². The lowest BCUT2D eigenvalue weighted by molar-refractivity contribution is 0.0954. The molecule has 4 aromatic rings. The molecule has 0 saturated heterocycles. The second-order valence-electron chi connectivity index (χ2n) is 8.46. The molecule has 7 nitrogen and oxygen atoms in total. The topological polar surface area (TPSA) is 91.3 Å². The lowest BCUT2D eigenvalue weighted by atomic mass is 9.95. The monoisotopic (exact) mass is 514 g/mol. The number of hydrogen-bond donors (Lipinski definition) is 3. The van der Waals surface area contributed by atoms with Crippen LogP contribution in [0.15, 0.2) is 77.9 Å². The van der Waals surface area contributed by atoms with E-state index in [9.17, 15) is 9.18 Å². The molecule has 1 aliphatic heterocycles. The molecule has 1 aromatic heterocycles. The molecule has 0 fully saturated rings. The molecule has 9 heteroatoms. The zero-order chi connectivity index (χ0) is 25.8. The van der Waals surface area contributed by atoms with Crippen molar-refractivity contribution in [1.82, 2.24) is 20.6 Å². The first kappa shape index (κ1) is 24.5. The molecular formula is C28H24ClFN6O. The van der Waals surface area contributed by atoms with Gasteiger partial charge in [0.2, 0.25) is 5.95 Å². The van der Waals surface area contributed by atoms with Crippen molar-refractivity contribution < 1.29 is 9.18 Å². The quantitative estimate of drug-likeness (QED) is 0.303. The maximum absolute atomic E-state index is 14.7. The highest BCUT2D eigenvalue weighted by Gasteiger charge is 2.23. The minimum atomic E-state index is -0.356. The highest BCUT2D eigenvalue weighted by atomic mass is 35.5. The lowest BCUT2D eigenvalue weighted by Crippen LogP contribution is -2.30. The van der Waals surface area contributed by atoms with Gasteiger partial charge in [-0.3, -0.25) is 9.79 Å². The Morgan fingerprint density at radius 1 is 1.00 bits per heavy atom. The van der Waals surface area contributed by atoms with Crippen LogP contribution in [-0.4, -0.2) is 41.7 Å². The van der Waals surface area contributed by atoms with Gasteiger partial charge in [0.05, 0.1) is 18.0 Å². The first-order valence-corrected chi connectivity index (χ1v) is 12.2. The van der Waals surface area contributed by atoms with Crippen LogP contribution in [0, 0.1) is 5.82 Å². The molecule has 0 aliphatic carbocycles. The number of carbonyl (C=O) groups excluding carboxylic acids is 1. The SMILES string of the molecule is CNCCNC(=O)c1ccc(Nc2ncc3c(n2)-c2ccc(Cl)cc2C(c2ccccc2F)=NC3)cc1. The summed E-state index contributed by atoms with van der Waals surface area (Å²) in [6, 6.07) is 19.1. The number of likely N-dealkylation sites (N-methyl/N-ethyl adjacent to an activating group) is 1. The second-order valence-corrected chi connectivity index (χ2v) is 8.90. The maximum Gasteiger partial charge on any atom is 0.251 e. The average Bonchev–Trinajstić information content (AvgIpc) is 3.06. The van der Waals surface area contributed by atoms with Crippen molar-refractivity contribution in [3.05, 3.63) is 106 Å². The van der Waals surface area contributed by atoms with Crippen molar-refractivity contribution in [3.8, 4) is 11.3 Å². The van der Waals surface area contributed by atoms with Gasteiger partial charge in [0.1, 0.15) is 5.82 Å². The molecule has 0 unspecified atom stereocenters. The van der Waals surface area contributed by atoms with Crippen LogP contribution in [0.4, 0.5) is 16.0 Å². The molecular weight excluding hydrogens is 491 g/mol. The van der Waals surface area contributed by atoms with Crippen LogP contribution in [-0.2, 0) is 6.54 Å². The van der Waals surface area contributed by atoms with Gasteiger partial charge in [-0.05, 0) is 55.6 Å². The highest BCUT2D eigenvalue weighted by molar-refractivity contribution is 6.31. The predicted octanol–water partition coefficient (Wildman–Crippen LogP) is 4.98. The number of halogens is 2. The van der Waals surface area contributed by atoms with Crippen molar-refractivity contribution in [1.29, 1.82) is 0 Å². The fourth-order valence-corrected chi connectivity index (χ4v) is 4.28. The fourth-order valence-electron chi connectivity index (χ4n) is 4.10. The maximum atomic E-state index is 14.7. The van der Waals surface area contributed by atoms with Crippen molar-refractivity contribution in [3.63, 3.8) is 0 Å². The van der Waals surface area contributed by atoms with Crippen LogP contribution in [0.5, 0.6) is 0 Å². The Morgan fingerprint density at radius 2 is 1.81 bits per heavy atom. The summed E-state index contributed by atoms with van der Waals surface area (Å²) in [4.78, 5) is 26.2. The number of nitrogens with one attached hydrogen (secondary N) is 3. The first-order valence-electron chi connectivity index (χ1n) is 11.8. The number of hydrogen-bond acceptors (Lipinski definition) is 6. The Balaban J connectivity index is 1.44. The Kier molecular flexibility index (Phi) is 7.20. The van der Waals surface area contributed by atoms with Gasteiger partial charge in [0.25, 0.3) is 5.91 Å². The largest absolute Gasteiger partial charge is 0.351 e. The van der Waals surface area contributed by atoms with E-state index in [1.807, 2.05) is 13.1 Å². The lowest BCUT2D eigenvalue weighted by Gasteiger charge is -2.13. The van der Waals surface area contributed by atoms with Gasteiger partial charge in [0, 0.05) is 57.8 Å². The summed E-state index contributed by atoms with van der Waals surface area (Å²) in [5, 5.41) is 9.56. The Labute approximate surface area is 218 Å². The summed E-state index contributed by atoms with van der Waals surface area (Å²) in [6.07, 6.45) is 1.72. The number of nitrogens with zero attached hydrogens (tertiary/aromatic N) is 3. The molecule has 0 atom stereocenters. The molecule has 0 radical (unpaired) electrons. The Morgan fingerprint density at radius 3 is 2.59 bits per heavy atom. The molecule has 2 heterocycles. The van der Waals surface area contributed by atoms with Crippen LogP contribution in [0.2, 0.25) is 5.02 Å². The van der Waals surface area contributed by atoms with E-state index in [1.165, 1.54) is 6.07 Å². The molecule has 0 saturated carbocycles. The number of anilines is 2. The number of carbonyl (C=O) groups is 1. The highest BCUT2D eigenvalue weighted by Crippen LogP contribution is 2.34. The van der Waals surface area contributed by atoms with Crippen molar-refractivity contribution in [2.45, 2.75) is 6.54 Å². The molecule has 3 N–H and O–H groups in total. The van der Waals surface area contributed by atoms with E-state index in [0.29, 0.717) is 58.7 Å². The van der Waals surface area contributed by atoms with Crippen LogP contribution < -0.4 is 16.0 Å². The third kappa shape index (κ3) is 5.35. The van der Waals surface area contributed by atoms with Gasteiger partial charge in [-0.2, -0.15) is 0 Å². The summed E-state index contributed by atoms with van der Waals surface area (Å²) < 4.78 is 14.7. The normalized spacial score (nSPS) is 12.1. The van der Waals surface area contributed by atoms with Crippen molar-refractivity contribution in [2.24, 2.45) is 4.99 Å². The first-order chi connectivity index (χ1) is 18.0. The predicted molar refractivity (Wildman–Crippen MR) is 144 cm³/mol. The molecule has 5 rings (SSSR count). The van der Waals surface area contributed by atoms with Crippen molar-refractivity contribution >= 4 is 34.9 Å². The average molecular weight is 515 g/mol. The van der Waals surface area contributed by atoms with Gasteiger partial charge in [0.15, 0.2) is 0 Å². The summed E-state index contributed by atoms with van der Waals surface area (Å²) in [7, 11) is 1.83. The van der Waals surface area contributed by atoms with E-state index < -0.39 is 0 Å². The van der Waals surface area contributed by atoms with Gasteiger partial charge < -0.3 is 16.0 Å². The smallest absolute Gasteiger partial charge is 0.251 e. The van der Waals surface area contributed by atoms with E-state index in [2.05, 4.69) is 20.9 Å². The molecule has 0 spiro atoms. The van der Waals surface area contributed by atoms with Crippen LogP contribution >= 0.6 is 11.6 Å². The zero-order valence-corrected chi connectivity index (χ0v) is 20.8. The van der Waals surface area contributed by atoms with Crippen LogP contribution in [0.3, 0.4) is 0 Å². The molecule has 186 valence electrons. The number of aromatic nitrogens is 2. The minimum Gasteiger partial charge on any atom is -0.351 e. The number of fused-ring (bicyclic) bond motifs is 3. The molecule has 37 heavy (non-hydrogen) atoms. The van der Waals surface area contributed by atoms with E-state index in [4.69, 9.17) is 21.6 Å². The van der Waals surface area contributed by atoms with E-state index in [1.54, 1.807) is 60.8 Å². The fraction of sp³-hybridized carbons (Fsp3) is 0.143. The van der Waals surface area contributed by atoms with Crippen molar-refractivity contribution in [2.75, 3.05) is 25.5 Å². The standard InChI is InChI=1S/C28H24ClFN6O/c1-31-12-13-32-27(37)17-6-9-20(10-7-17)35-28-34-16-18-15-33-26(22-4-2-3-5-24(22)30)23-14-19(29)8-11-21(23)25(18)36-28/h2-11,14,16,31H,12-13,15H2,1H3,(H,32,37)(H,34,35,36). The Hall–Kier alpha value is -4.14. The molecule has 1 amide bonds. The summed E-state index contributed by atoms with van der Waals surface area (Å²) in [5.74, 6) is -0.102. The molecule has 3 aromatic carbocycles. The van der Waals surface area contributed by atoms with Gasteiger partial charge in [-0.15, -0.1) is 0 Å². The zero-order valence-electron chi connectivity index (χ0n) is 20.1. The third-order valence-electron chi connectivity index (χ3n) is 5.96. The number of amides is 1. The Bertz CT molecular complexity index is 1490. The van der Waals surface area contributed by atoms with E-state index >= 15 is 0 Å². The number of rotatable bonds is 7. The van der Waals surface area contributed by atoms with Gasteiger partial charge >= 0.3 is 0 Å². The third-order valence-corrected chi connectivity index (χ3v) is 6.19. The molecule has 0 bridgehead atoms. The number of benzene rings is 3. The van der Waals surface area contributed by atoms with Gasteiger partial charge in [-0.25, -0.2) is 14.4 Å². The van der Waals surface area contributed by atoms with Crippen LogP contribution in [0.25, 0.3) is 11.3 Å². The summed E-state index contributed by atoms with van der Waals surface area (Å²) in [6.45, 7) is 1.54. The molecule has 1 aliphatic rings. The second kappa shape index (κ2) is 10.9. The van der Waals surface area contributed by atoms with Crippen LogP contribution in [0.1, 0.15) is 27.0 Å². The summed E-state index contributed by atoms with van der Waals surface area (Å²) in [5.41, 5.74) is 5.22.